The van der Waals surface area contributed by atoms with E-state index >= 15 is 0 Å². The van der Waals surface area contributed by atoms with Gasteiger partial charge in [0.1, 0.15) is 0 Å². The first-order valence-corrected chi connectivity index (χ1v) is 19.3. The summed E-state index contributed by atoms with van der Waals surface area (Å²) in [7, 11) is 0. The average molecular weight is 713 g/mol. The van der Waals surface area contributed by atoms with Crippen molar-refractivity contribution in [1.29, 1.82) is 0 Å². The van der Waals surface area contributed by atoms with Gasteiger partial charge < -0.3 is 9.47 Å². The van der Waals surface area contributed by atoms with Gasteiger partial charge in [0.25, 0.3) is 0 Å². The van der Waals surface area contributed by atoms with E-state index in [1.165, 1.54) is 70.9 Å². The van der Waals surface area contributed by atoms with Crippen molar-refractivity contribution in [2.45, 2.75) is 0 Å². The molecule has 0 fully saturated rings. The molecular formula is C54H36N2. The van der Waals surface area contributed by atoms with Gasteiger partial charge in [-0.05, 0) is 104 Å². The first-order valence-electron chi connectivity index (χ1n) is 19.3. The van der Waals surface area contributed by atoms with E-state index < -0.39 is 0 Å². The van der Waals surface area contributed by atoms with Crippen LogP contribution in [0.5, 0.6) is 0 Å². The standard InChI is InChI=1S/C54H36N2/c1-4-16-37(17-5-1)39-28-33-53(50(34-39)38-18-6-2-7-19-38)56-52-27-15-14-26-48(52)49-32-30-42(36-54(49)56)55(40-20-8-3-9-21-40)41-29-31-47-45-24-11-10-22-43(45)44-23-12-13-25-46(44)51(47)35-41/h1-36H. The number of benzene rings is 10. The molecule has 2 heteroatoms. The largest absolute Gasteiger partial charge is 0.310 e. The van der Waals surface area contributed by atoms with Gasteiger partial charge in [0.15, 0.2) is 0 Å². The van der Waals surface area contributed by atoms with Crippen LogP contribution in [0.25, 0.3) is 82.1 Å². The first kappa shape index (κ1) is 32.0. The number of para-hydroxylation sites is 2. The van der Waals surface area contributed by atoms with Gasteiger partial charge in [0.05, 0.1) is 16.7 Å². The molecule has 1 heterocycles. The third-order valence-electron chi connectivity index (χ3n) is 11.3. The molecule has 0 aliphatic heterocycles. The monoisotopic (exact) mass is 712 g/mol. The van der Waals surface area contributed by atoms with Crippen LogP contribution in [0.4, 0.5) is 17.1 Å². The third kappa shape index (κ3) is 5.19. The summed E-state index contributed by atoms with van der Waals surface area (Å²) in [6.45, 7) is 0. The summed E-state index contributed by atoms with van der Waals surface area (Å²) < 4.78 is 2.47. The summed E-state index contributed by atoms with van der Waals surface area (Å²) in [5.41, 5.74) is 11.6. The van der Waals surface area contributed by atoms with Crippen molar-refractivity contribution in [2.75, 3.05) is 4.90 Å². The van der Waals surface area contributed by atoms with Crippen molar-refractivity contribution in [3.63, 3.8) is 0 Å². The van der Waals surface area contributed by atoms with E-state index in [-0.39, 0.29) is 0 Å². The molecule has 262 valence electrons. The lowest BCUT2D eigenvalue weighted by molar-refractivity contribution is 1.18. The van der Waals surface area contributed by atoms with Crippen molar-refractivity contribution in [3.05, 3.63) is 218 Å². The molecule has 0 spiro atoms. The summed E-state index contributed by atoms with van der Waals surface area (Å²) in [6.07, 6.45) is 0. The van der Waals surface area contributed by atoms with Crippen LogP contribution >= 0.6 is 0 Å². The summed E-state index contributed by atoms with van der Waals surface area (Å²) in [5, 5.41) is 10.1. The minimum absolute atomic E-state index is 1.10. The van der Waals surface area contributed by atoms with Crippen molar-refractivity contribution < 1.29 is 0 Å². The Kier molecular flexibility index (Phi) is 7.53. The van der Waals surface area contributed by atoms with Gasteiger partial charge in [0.2, 0.25) is 0 Å². The number of hydrogen-bond acceptors (Lipinski definition) is 1. The number of aromatic nitrogens is 1. The molecule has 10 aromatic carbocycles. The van der Waals surface area contributed by atoms with Gasteiger partial charge in [0, 0.05) is 33.4 Å². The van der Waals surface area contributed by atoms with E-state index in [2.05, 4.69) is 228 Å². The minimum Gasteiger partial charge on any atom is -0.310 e. The number of nitrogens with zero attached hydrogens (tertiary/aromatic N) is 2. The van der Waals surface area contributed by atoms with E-state index in [9.17, 15) is 0 Å². The van der Waals surface area contributed by atoms with Crippen LogP contribution in [-0.4, -0.2) is 4.57 Å². The fourth-order valence-electron chi connectivity index (χ4n) is 8.81. The maximum Gasteiger partial charge on any atom is 0.0562 e. The Morgan fingerprint density at radius 1 is 0.268 bits per heavy atom. The highest BCUT2D eigenvalue weighted by atomic mass is 15.1. The normalized spacial score (nSPS) is 11.6. The van der Waals surface area contributed by atoms with Crippen LogP contribution in [0.2, 0.25) is 0 Å². The molecular weight excluding hydrogens is 677 g/mol. The van der Waals surface area contributed by atoms with E-state index in [1.54, 1.807) is 0 Å². The molecule has 0 unspecified atom stereocenters. The van der Waals surface area contributed by atoms with Crippen LogP contribution < -0.4 is 4.90 Å². The van der Waals surface area contributed by atoms with Crippen LogP contribution in [0, 0.1) is 0 Å². The Bertz CT molecular complexity index is 3200. The molecule has 56 heavy (non-hydrogen) atoms. The fraction of sp³-hybridized carbons (Fsp3) is 0. The smallest absolute Gasteiger partial charge is 0.0562 e. The third-order valence-corrected chi connectivity index (χ3v) is 11.3. The van der Waals surface area contributed by atoms with Gasteiger partial charge in [-0.3, -0.25) is 0 Å². The van der Waals surface area contributed by atoms with Gasteiger partial charge in [-0.15, -0.1) is 0 Å². The molecule has 2 nitrogen and oxygen atoms in total. The topological polar surface area (TPSA) is 8.17 Å². The van der Waals surface area contributed by atoms with Crippen molar-refractivity contribution in [3.8, 4) is 27.9 Å². The maximum absolute atomic E-state index is 2.47. The number of rotatable bonds is 6. The molecule has 0 amide bonds. The second-order valence-corrected chi connectivity index (χ2v) is 14.5. The summed E-state index contributed by atoms with van der Waals surface area (Å²) >= 11 is 0. The highest BCUT2D eigenvalue weighted by Crippen LogP contribution is 2.44. The molecule has 1 aromatic heterocycles. The zero-order valence-corrected chi connectivity index (χ0v) is 30.7. The Hall–Kier alpha value is -7.42. The van der Waals surface area contributed by atoms with Crippen LogP contribution in [0.3, 0.4) is 0 Å². The van der Waals surface area contributed by atoms with E-state index in [0.717, 1.165) is 28.3 Å². The van der Waals surface area contributed by atoms with Crippen molar-refractivity contribution in [1.82, 2.24) is 4.57 Å². The molecule has 11 aromatic rings. The molecule has 11 rings (SSSR count). The zero-order valence-electron chi connectivity index (χ0n) is 30.7. The Morgan fingerprint density at radius 3 is 1.41 bits per heavy atom. The summed E-state index contributed by atoms with van der Waals surface area (Å²) in [5.74, 6) is 0. The maximum atomic E-state index is 2.47. The van der Waals surface area contributed by atoms with Crippen molar-refractivity contribution in [2.24, 2.45) is 0 Å². The second-order valence-electron chi connectivity index (χ2n) is 14.5. The predicted molar refractivity (Wildman–Crippen MR) is 239 cm³/mol. The molecule has 0 saturated carbocycles. The Labute approximate surface area is 325 Å². The van der Waals surface area contributed by atoms with Crippen molar-refractivity contribution >= 4 is 71.2 Å². The van der Waals surface area contributed by atoms with E-state index in [1.807, 2.05) is 0 Å². The highest BCUT2D eigenvalue weighted by molar-refractivity contribution is 6.26. The van der Waals surface area contributed by atoms with E-state index in [4.69, 9.17) is 0 Å². The van der Waals surface area contributed by atoms with Crippen LogP contribution in [0.1, 0.15) is 0 Å². The second kappa shape index (κ2) is 13.2. The minimum atomic E-state index is 1.10. The zero-order chi connectivity index (χ0) is 37.0. The van der Waals surface area contributed by atoms with E-state index in [0.29, 0.717) is 0 Å². The van der Waals surface area contributed by atoms with Crippen LogP contribution in [0.15, 0.2) is 218 Å². The Morgan fingerprint density at radius 2 is 0.750 bits per heavy atom. The molecule has 0 saturated heterocycles. The quantitative estimate of drug-likeness (QED) is 0.156. The molecule has 0 N–H and O–H groups in total. The Balaban J connectivity index is 1.17. The first-order chi connectivity index (χ1) is 27.8. The lowest BCUT2D eigenvalue weighted by atomic mass is 9.94. The van der Waals surface area contributed by atoms with Gasteiger partial charge in [-0.2, -0.15) is 0 Å². The molecule has 0 bridgehead atoms. The lowest BCUT2D eigenvalue weighted by Crippen LogP contribution is -2.10. The van der Waals surface area contributed by atoms with Crippen LogP contribution in [-0.2, 0) is 0 Å². The van der Waals surface area contributed by atoms with Gasteiger partial charge >= 0.3 is 0 Å². The van der Waals surface area contributed by atoms with Gasteiger partial charge in [-0.1, -0.05) is 164 Å². The summed E-state index contributed by atoms with van der Waals surface area (Å²) in [4.78, 5) is 2.40. The SMILES string of the molecule is c1ccc(-c2ccc(-n3c4ccccc4c4ccc(N(c5ccccc5)c5ccc6c7ccccc7c7ccccc7c6c5)cc43)c(-c3ccccc3)c2)cc1. The number of fused-ring (bicyclic) bond motifs is 9. The predicted octanol–water partition coefficient (Wildman–Crippen LogP) is 15.0. The molecule has 0 atom stereocenters. The molecule has 0 radical (unpaired) electrons. The molecule has 0 aliphatic rings. The fourth-order valence-corrected chi connectivity index (χ4v) is 8.81. The summed E-state index contributed by atoms with van der Waals surface area (Å²) in [6, 6.07) is 79.5. The van der Waals surface area contributed by atoms with Gasteiger partial charge in [-0.25, -0.2) is 0 Å². The number of hydrogen-bond donors (Lipinski definition) is 0. The average Bonchev–Trinajstić information content (AvgIpc) is 3.61. The molecule has 0 aliphatic carbocycles. The highest BCUT2D eigenvalue weighted by Gasteiger charge is 2.20. The lowest BCUT2D eigenvalue weighted by Gasteiger charge is -2.26. The number of anilines is 3.